The SMILES string of the molecule is CC1C2CC(CC(S(C)(=O)=O)S(C)(=O)=O)C(C2)C1C. The summed E-state index contributed by atoms with van der Waals surface area (Å²) < 4.78 is 45.7. The van der Waals surface area contributed by atoms with Crippen molar-refractivity contribution in [2.75, 3.05) is 12.5 Å². The smallest absolute Gasteiger partial charge is 0.164 e. The molecule has 5 atom stereocenters. The van der Waals surface area contributed by atoms with Crippen LogP contribution in [0.25, 0.3) is 0 Å². The van der Waals surface area contributed by atoms with Crippen molar-refractivity contribution >= 4 is 19.7 Å². The Morgan fingerprint density at radius 2 is 1.47 bits per heavy atom. The summed E-state index contributed by atoms with van der Waals surface area (Å²) in [7, 11) is -7.09. The molecule has 0 N–H and O–H groups in total. The van der Waals surface area contributed by atoms with Crippen molar-refractivity contribution in [3.05, 3.63) is 0 Å². The minimum absolute atomic E-state index is 0.255. The van der Waals surface area contributed by atoms with Crippen LogP contribution in [0.2, 0.25) is 0 Å². The van der Waals surface area contributed by atoms with E-state index in [1.54, 1.807) is 0 Å². The molecule has 112 valence electrons. The Hall–Kier alpha value is -0.100. The average molecular weight is 308 g/mol. The molecule has 0 aromatic heterocycles. The van der Waals surface area contributed by atoms with E-state index in [-0.39, 0.29) is 12.3 Å². The quantitative estimate of drug-likeness (QED) is 0.793. The van der Waals surface area contributed by atoms with Gasteiger partial charge in [-0.25, -0.2) is 16.8 Å². The monoisotopic (exact) mass is 308 g/mol. The molecule has 0 radical (unpaired) electrons. The standard InChI is InChI=1S/C13H24O4S2/c1-8-9(2)12-6-10(8)5-11(12)7-13(18(3,14)15)19(4,16)17/h8-13H,5-7H2,1-4H3. The van der Waals surface area contributed by atoms with Gasteiger partial charge in [0.25, 0.3) is 0 Å². The second-order valence-electron chi connectivity index (χ2n) is 6.70. The van der Waals surface area contributed by atoms with Crippen LogP contribution in [-0.2, 0) is 19.7 Å². The highest BCUT2D eigenvalue weighted by Crippen LogP contribution is 2.56. The Bertz CT molecular complexity index is 515. The number of sulfone groups is 2. The third-order valence-corrected chi connectivity index (χ3v) is 9.88. The summed E-state index contributed by atoms with van der Waals surface area (Å²) in [5.41, 5.74) is 0. The third-order valence-electron chi connectivity index (χ3n) is 5.48. The van der Waals surface area contributed by atoms with E-state index in [1.165, 1.54) is 0 Å². The van der Waals surface area contributed by atoms with Crippen LogP contribution in [-0.4, -0.2) is 33.9 Å². The van der Waals surface area contributed by atoms with E-state index < -0.39 is 24.3 Å². The molecule has 2 aliphatic rings. The topological polar surface area (TPSA) is 68.3 Å². The molecule has 2 bridgehead atoms. The van der Waals surface area contributed by atoms with E-state index in [4.69, 9.17) is 0 Å². The lowest BCUT2D eigenvalue weighted by molar-refractivity contribution is 0.184. The van der Waals surface area contributed by atoms with Crippen LogP contribution >= 0.6 is 0 Å². The van der Waals surface area contributed by atoms with Crippen LogP contribution in [0.3, 0.4) is 0 Å². The van der Waals surface area contributed by atoms with Gasteiger partial charge in [0.15, 0.2) is 24.3 Å². The Labute approximate surface area is 116 Å². The molecule has 0 aromatic carbocycles. The molecule has 0 amide bonds. The summed E-state index contributed by atoms with van der Waals surface area (Å²) in [4.78, 5) is 0. The fourth-order valence-corrected chi connectivity index (χ4v) is 8.01. The van der Waals surface area contributed by atoms with E-state index >= 15 is 0 Å². The molecule has 2 aliphatic carbocycles. The maximum atomic E-state index is 11.7. The highest BCUT2D eigenvalue weighted by atomic mass is 32.3. The molecule has 4 nitrogen and oxygen atoms in total. The second kappa shape index (κ2) is 4.72. The molecule has 2 saturated carbocycles. The summed E-state index contributed by atoms with van der Waals surface area (Å²) in [6, 6.07) is 0. The normalized spacial score (nSPS) is 39.1. The predicted molar refractivity (Wildman–Crippen MR) is 76.1 cm³/mol. The van der Waals surface area contributed by atoms with Gasteiger partial charge in [-0.15, -0.1) is 0 Å². The minimum Gasteiger partial charge on any atom is -0.228 e. The Morgan fingerprint density at radius 1 is 0.947 bits per heavy atom. The lowest BCUT2D eigenvalue weighted by Gasteiger charge is -2.33. The zero-order valence-corrected chi connectivity index (χ0v) is 13.7. The molecular formula is C13H24O4S2. The van der Waals surface area contributed by atoms with Gasteiger partial charge in [-0.1, -0.05) is 13.8 Å². The third kappa shape index (κ3) is 2.84. The van der Waals surface area contributed by atoms with Gasteiger partial charge in [0, 0.05) is 12.5 Å². The lowest BCUT2D eigenvalue weighted by Crippen LogP contribution is -2.34. The molecule has 0 spiro atoms. The van der Waals surface area contributed by atoms with E-state index in [2.05, 4.69) is 13.8 Å². The van der Waals surface area contributed by atoms with Crippen molar-refractivity contribution in [3.63, 3.8) is 0 Å². The number of hydrogen-bond acceptors (Lipinski definition) is 4. The summed E-state index contributed by atoms with van der Waals surface area (Å²) in [6.45, 7) is 4.48. The van der Waals surface area contributed by atoms with Crippen molar-refractivity contribution in [3.8, 4) is 0 Å². The number of hydrogen-bond donors (Lipinski definition) is 0. The van der Waals surface area contributed by atoms with Gasteiger partial charge in [-0.3, -0.25) is 0 Å². The molecule has 6 heteroatoms. The maximum Gasteiger partial charge on any atom is 0.164 e. The molecule has 0 aliphatic heterocycles. The van der Waals surface area contributed by atoms with Crippen LogP contribution in [0.15, 0.2) is 0 Å². The van der Waals surface area contributed by atoms with Gasteiger partial charge in [-0.05, 0) is 48.9 Å². The fourth-order valence-electron chi connectivity index (χ4n) is 4.28. The van der Waals surface area contributed by atoms with Crippen molar-refractivity contribution < 1.29 is 16.8 Å². The second-order valence-corrected chi connectivity index (χ2v) is 11.5. The molecule has 19 heavy (non-hydrogen) atoms. The molecule has 5 unspecified atom stereocenters. The van der Waals surface area contributed by atoms with Gasteiger partial charge < -0.3 is 0 Å². The molecular weight excluding hydrogens is 284 g/mol. The summed E-state index contributed by atoms with van der Waals surface area (Å²) in [5, 5.41) is 0. The number of rotatable bonds is 4. The zero-order chi connectivity index (χ0) is 14.6. The molecule has 2 fully saturated rings. The van der Waals surface area contributed by atoms with Crippen LogP contribution in [0.4, 0.5) is 0 Å². The van der Waals surface area contributed by atoms with Crippen molar-refractivity contribution in [2.24, 2.45) is 29.6 Å². The molecule has 0 heterocycles. The highest BCUT2D eigenvalue weighted by Gasteiger charge is 2.50. The van der Waals surface area contributed by atoms with E-state index in [0.717, 1.165) is 25.4 Å². The number of fused-ring (bicyclic) bond motifs is 2. The van der Waals surface area contributed by atoms with Crippen LogP contribution in [0, 0.1) is 29.6 Å². The van der Waals surface area contributed by atoms with Crippen LogP contribution in [0.5, 0.6) is 0 Å². The van der Waals surface area contributed by atoms with E-state index in [9.17, 15) is 16.8 Å². The zero-order valence-electron chi connectivity index (χ0n) is 12.0. The molecule has 2 rings (SSSR count). The Balaban J connectivity index is 2.18. The maximum absolute atomic E-state index is 11.7. The van der Waals surface area contributed by atoms with Crippen molar-refractivity contribution in [2.45, 2.75) is 37.7 Å². The minimum atomic E-state index is -3.55. The first-order chi connectivity index (χ1) is 8.51. The van der Waals surface area contributed by atoms with E-state index in [1.807, 2.05) is 0 Å². The van der Waals surface area contributed by atoms with E-state index in [0.29, 0.717) is 23.7 Å². The molecule has 0 saturated heterocycles. The van der Waals surface area contributed by atoms with Gasteiger partial charge in [-0.2, -0.15) is 0 Å². The Morgan fingerprint density at radius 3 is 1.84 bits per heavy atom. The predicted octanol–water partition coefficient (Wildman–Crippen LogP) is 1.72. The lowest BCUT2D eigenvalue weighted by atomic mass is 9.75. The fraction of sp³-hybridized carbons (Fsp3) is 1.00. The van der Waals surface area contributed by atoms with Gasteiger partial charge in [0.1, 0.15) is 0 Å². The van der Waals surface area contributed by atoms with Crippen molar-refractivity contribution in [1.82, 2.24) is 0 Å². The largest absolute Gasteiger partial charge is 0.228 e. The first-order valence-electron chi connectivity index (χ1n) is 6.89. The van der Waals surface area contributed by atoms with Crippen molar-refractivity contribution in [1.29, 1.82) is 0 Å². The van der Waals surface area contributed by atoms with Gasteiger partial charge in [0.2, 0.25) is 0 Å². The summed E-state index contributed by atoms with van der Waals surface area (Å²) >= 11 is 0. The Kier molecular flexibility index (Phi) is 3.80. The van der Waals surface area contributed by atoms with Crippen LogP contribution < -0.4 is 0 Å². The summed E-state index contributed by atoms with van der Waals surface area (Å²) in [6.07, 6.45) is 4.51. The molecule has 0 aromatic rings. The first kappa shape index (κ1) is 15.3. The summed E-state index contributed by atoms with van der Waals surface area (Å²) in [5.74, 6) is 2.70. The van der Waals surface area contributed by atoms with Crippen LogP contribution in [0.1, 0.15) is 33.1 Å². The average Bonchev–Trinajstić information content (AvgIpc) is 2.73. The first-order valence-corrected chi connectivity index (χ1v) is 10.8. The highest BCUT2D eigenvalue weighted by molar-refractivity contribution is 8.08. The van der Waals surface area contributed by atoms with Gasteiger partial charge in [0.05, 0.1) is 0 Å². The van der Waals surface area contributed by atoms with Gasteiger partial charge >= 0.3 is 0 Å².